The van der Waals surface area contributed by atoms with Crippen molar-refractivity contribution in [3.8, 4) is 11.8 Å². The largest absolute Gasteiger partial charge is 0.368 e. The van der Waals surface area contributed by atoms with Crippen molar-refractivity contribution in [2.24, 2.45) is 0 Å². The van der Waals surface area contributed by atoms with Crippen molar-refractivity contribution in [2.75, 3.05) is 18.1 Å². The number of nitrogens with zero attached hydrogens (tertiary/aromatic N) is 2. The van der Waals surface area contributed by atoms with E-state index in [0.717, 1.165) is 27.8 Å². The maximum absolute atomic E-state index is 11.4. The molecular formula is C20H19N3OS. The zero-order chi connectivity index (χ0) is 17.5. The highest BCUT2D eigenvalue weighted by Gasteiger charge is 2.02. The molecule has 2 aromatic carbocycles. The van der Waals surface area contributed by atoms with Crippen LogP contribution in [0.2, 0.25) is 0 Å². The van der Waals surface area contributed by atoms with Gasteiger partial charge in [0.25, 0.3) is 0 Å². The maximum atomic E-state index is 11.4. The van der Waals surface area contributed by atoms with Crippen molar-refractivity contribution < 1.29 is 4.21 Å². The summed E-state index contributed by atoms with van der Waals surface area (Å²) in [6.45, 7) is 0.704. The van der Waals surface area contributed by atoms with Gasteiger partial charge in [0.05, 0.1) is 5.52 Å². The molecule has 0 bridgehead atoms. The molecule has 0 saturated heterocycles. The van der Waals surface area contributed by atoms with Gasteiger partial charge in [-0.2, -0.15) is 0 Å². The lowest BCUT2D eigenvalue weighted by molar-refractivity contribution is 0.686. The van der Waals surface area contributed by atoms with Crippen LogP contribution in [-0.4, -0.2) is 27.0 Å². The van der Waals surface area contributed by atoms with Crippen LogP contribution >= 0.6 is 0 Å². The fourth-order valence-corrected chi connectivity index (χ4v) is 3.22. The number of benzene rings is 2. The quantitative estimate of drug-likeness (QED) is 0.567. The van der Waals surface area contributed by atoms with Gasteiger partial charge in [-0.15, -0.1) is 0 Å². The van der Waals surface area contributed by atoms with Crippen LogP contribution in [0.4, 0.5) is 5.82 Å². The van der Waals surface area contributed by atoms with E-state index in [2.05, 4.69) is 27.1 Å². The van der Waals surface area contributed by atoms with Crippen molar-refractivity contribution in [1.29, 1.82) is 0 Å². The van der Waals surface area contributed by atoms with Crippen LogP contribution in [-0.2, 0) is 16.6 Å². The van der Waals surface area contributed by atoms with Crippen LogP contribution in [0, 0.1) is 11.8 Å². The fraction of sp³-hybridized carbons (Fsp3) is 0.200. The second-order valence-electron chi connectivity index (χ2n) is 5.59. The van der Waals surface area contributed by atoms with E-state index in [-0.39, 0.29) is 0 Å². The highest BCUT2D eigenvalue weighted by Crippen LogP contribution is 2.18. The highest BCUT2D eigenvalue weighted by molar-refractivity contribution is 7.83. The molecule has 0 aliphatic rings. The molecule has 25 heavy (non-hydrogen) atoms. The Kier molecular flexibility index (Phi) is 5.76. The summed E-state index contributed by atoms with van der Waals surface area (Å²) in [4.78, 5) is 8.56. The lowest BCUT2D eigenvalue weighted by atomic mass is 10.1. The lowest BCUT2D eigenvalue weighted by Gasteiger charge is -2.06. The first-order valence-corrected chi connectivity index (χ1v) is 9.77. The molecule has 1 N–H and O–H groups in total. The van der Waals surface area contributed by atoms with E-state index < -0.39 is 10.8 Å². The molecule has 3 aromatic rings. The highest BCUT2D eigenvalue weighted by atomic mass is 32.2. The Balaban J connectivity index is 1.63. The molecule has 0 aliphatic carbocycles. The summed E-state index contributed by atoms with van der Waals surface area (Å²) in [5, 5.41) is 4.33. The molecule has 0 radical (unpaired) electrons. The third kappa shape index (κ3) is 4.65. The second kappa shape index (κ2) is 8.41. The molecule has 1 aromatic heterocycles. The van der Waals surface area contributed by atoms with E-state index in [1.54, 1.807) is 12.6 Å². The van der Waals surface area contributed by atoms with Gasteiger partial charge in [-0.3, -0.25) is 4.21 Å². The molecule has 4 nitrogen and oxygen atoms in total. The molecule has 0 fully saturated rings. The Bertz CT molecular complexity index is 954. The number of hydrogen-bond donors (Lipinski definition) is 1. The zero-order valence-electron chi connectivity index (χ0n) is 14.0. The first-order chi connectivity index (χ1) is 12.2. The molecule has 0 amide bonds. The summed E-state index contributed by atoms with van der Waals surface area (Å²) in [5.74, 6) is 7.73. The summed E-state index contributed by atoms with van der Waals surface area (Å²) in [6.07, 6.45) is 3.97. The van der Waals surface area contributed by atoms with E-state index >= 15 is 0 Å². The third-order valence-corrected chi connectivity index (χ3v) is 4.40. The predicted octanol–water partition coefficient (Wildman–Crippen LogP) is 3.36. The topological polar surface area (TPSA) is 54.9 Å². The van der Waals surface area contributed by atoms with Crippen LogP contribution in [0.15, 0.2) is 54.9 Å². The number of fused-ring (bicyclic) bond motifs is 1. The average molecular weight is 349 g/mol. The Morgan fingerprint density at radius 1 is 1.08 bits per heavy atom. The van der Waals surface area contributed by atoms with Crippen molar-refractivity contribution in [3.05, 3.63) is 66.0 Å². The van der Waals surface area contributed by atoms with Crippen molar-refractivity contribution in [3.63, 3.8) is 0 Å². The van der Waals surface area contributed by atoms with Gasteiger partial charge < -0.3 is 5.32 Å². The first kappa shape index (κ1) is 17.1. The number of rotatable bonds is 5. The Labute approximate surface area is 150 Å². The summed E-state index contributed by atoms with van der Waals surface area (Å²) in [6, 6.07) is 15.8. The van der Waals surface area contributed by atoms with Gasteiger partial charge in [0, 0.05) is 46.7 Å². The normalized spacial score (nSPS) is 11.6. The molecule has 0 aliphatic heterocycles. The Morgan fingerprint density at radius 3 is 2.76 bits per heavy atom. The van der Waals surface area contributed by atoms with E-state index in [1.807, 2.05) is 48.5 Å². The van der Waals surface area contributed by atoms with Crippen LogP contribution in [0.1, 0.15) is 17.5 Å². The monoisotopic (exact) mass is 349 g/mol. The van der Waals surface area contributed by atoms with Gasteiger partial charge in [0.1, 0.15) is 12.1 Å². The van der Waals surface area contributed by atoms with E-state index in [9.17, 15) is 4.21 Å². The van der Waals surface area contributed by atoms with Gasteiger partial charge >= 0.3 is 0 Å². The molecule has 0 saturated carbocycles. The summed E-state index contributed by atoms with van der Waals surface area (Å²) >= 11 is 0. The molecule has 1 atom stereocenters. The Hall–Kier alpha value is -2.71. The molecular weight excluding hydrogens is 330 g/mol. The molecule has 126 valence electrons. The fourth-order valence-electron chi connectivity index (χ4n) is 2.53. The van der Waals surface area contributed by atoms with Crippen molar-refractivity contribution in [1.82, 2.24) is 9.97 Å². The Morgan fingerprint density at radius 2 is 1.88 bits per heavy atom. The van der Waals surface area contributed by atoms with Gasteiger partial charge in [0.2, 0.25) is 0 Å². The molecule has 1 heterocycles. The number of para-hydroxylation sites is 1. The molecule has 3 rings (SSSR count). The third-order valence-electron chi connectivity index (χ3n) is 3.68. The van der Waals surface area contributed by atoms with E-state index in [4.69, 9.17) is 0 Å². The zero-order valence-corrected chi connectivity index (χ0v) is 14.8. The van der Waals surface area contributed by atoms with E-state index in [1.165, 1.54) is 0 Å². The van der Waals surface area contributed by atoms with Crippen LogP contribution in [0.3, 0.4) is 0 Å². The van der Waals surface area contributed by atoms with Crippen molar-refractivity contribution >= 4 is 27.5 Å². The van der Waals surface area contributed by atoms with Crippen LogP contribution in [0.5, 0.6) is 0 Å². The molecule has 5 heteroatoms. The van der Waals surface area contributed by atoms with Crippen molar-refractivity contribution in [2.45, 2.75) is 12.2 Å². The number of nitrogens with one attached hydrogen (secondary N) is 1. The average Bonchev–Trinajstić information content (AvgIpc) is 2.62. The van der Waals surface area contributed by atoms with Gasteiger partial charge in [-0.25, -0.2) is 9.97 Å². The van der Waals surface area contributed by atoms with Gasteiger partial charge in [-0.05, 0) is 23.8 Å². The summed E-state index contributed by atoms with van der Waals surface area (Å²) in [5.41, 5.74) is 2.91. The predicted molar refractivity (Wildman–Crippen MR) is 104 cm³/mol. The minimum absolute atomic E-state index is 0.538. The van der Waals surface area contributed by atoms with Gasteiger partial charge in [0.15, 0.2) is 0 Å². The van der Waals surface area contributed by atoms with E-state index in [0.29, 0.717) is 18.7 Å². The lowest BCUT2D eigenvalue weighted by Crippen LogP contribution is -2.03. The smallest absolute Gasteiger partial charge is 0.137 e. The summed E-state index contributed by atoms with van der Waals surface area (Å²) in [7, 11) is -0.868. The van der Waals surface area contributed by atoms with Crippen LogP contribution in [0.25, 0.3) is 10.9 Å². The van der Waals surface area contributed by atoms with Gasteiger partial charge in [-0.1, -0.05) is 42.2 Å². The molecule has 0 spiro atoms. The molecule has 1 unspecified atom stereocenters. The minimum Gasteiger partial charge on any atom is -0.368 e. The SMILES string of the molecule is CS(=O)Cc1ccccc1C#CCCNc1ncnc2ccccc12. The second-order valence-corrected chi connectivity index (χ2v) is 7.03. The summed E-state index contributed by atoms with van der Waals surface area (Å²) < 4.78 is 11.4. The number of aromatic nitrogens is 2. The standard InChI is InChI=1S/C20H19N3OS/c1-25(24)14-17-10-3-2-8-16(17)9-6-7-13-21-20-18-11-4-5-12-19(18)22-15-23-20/h2-5,8,10-12,15H,7,13-14H2,1H3,(H,21,22,23). The number of hydrogen-bond acceptors (Lipinski definition) is 4. The van der Waals surface area contributed by atoms with Crippen LogP contribution < -0.4 is 5.32 Å². The number of anilines is 1. The maximum Gasteiger partial charge on any atom is 0.137 e. The first-order valence-electron chi connectivity index (χ1n) is 8.04. The minimum atomic E-state index is -0.868.